The quantitative estimate of drug-likeness (QED) is 0.736. The summed E-state index contributed by atoms with van der Waals surface area (Å²) in [6.07, 6.45) is 6.30. The van der Waals surface area contributed by atoms with Gasteiger partial charge in [-0.05, 0) is 31.7 Å². The van der Waals surface area contributed by atoms with Crippen LogP contribution in [0.2, 0.25) is 0 Å². The third-order valence-corrected chi connectivity index (χ3v) is 6.27. The van der Waals surface area contributed by atoms with E-state index in [1.807, 2.05) is 20.5 Å². The summed E-state index contributed by atoms with van der Waals surface area (Å²) >= 11 is 0. The van der Waals surface area contributed by atoms with Gasteiger partial charge in [-0.3, -0.25) is 9.48 Å². The molecule has 2 saturated heterocycles. The van der Waals surface area contributed by atoms with Gasteiger partial charge in [0.2, 0.25) is 0 Å². The van der Waals surface area contributed by atoms with Gasteiger partial charge in [-0.2, -0.15) is 5.10 Å². The number of fused-ring (bicyclic) bond motifs is 1. The van der Waals surface area contributed by atoms with Crippen LogP contribution in [0.3, 0.4) is 0 Å². The molecule has 0 saturated carbocycles. The first-order valence-electron chi connectivity index (χ1n) is 10.4. The molecule has 0 aromatic carbocycles. The maximum atomic E-state index is 12.9. The smallest absolute Gasteiger partial charge is 0.320 e. The topological polar surface area (TPSA) is 70.9 Å². The Hall–Kier alpha value is -2.09. The molecule has 3 aliphatic heterocycles. The first-order valence-corrected chi connectivity index (χ1v) is 10.4. The highest BCUT2D eigenvalue weighted by atomic mass is 16.5. The minimum atomic E-state index is -0.285. The van der Waals surface area contributed by atoms with Gasteiger partial charge in [0, 0.05) is 40.3 Å². The van der Waals surface area contributed by atoms with Crippen LogP contribution in [0.15, 0.2) is 6.07 Å². The highest BCUT2D eigenvalue weighted by Crippen LogP contribution is 2.33. The molecule has 154 valence electrons. The van der Waals surface area contributed by atoms with Crippen LogP contribution in [-0.4, -0.2) is 82.3 Å². The zero-order valence-electron chi connectivity index (χ0n) is 17.0. The van der Waals surface area contributed by atoms with Gasteiger partial charge in [0.25, 0.3) is 5.91 Å². The van der Waals surface area contributed by atoms with Crippen LogP contribution in [0, 0.1) is 0 Å². The molecule has 0 bridgehead atoms. The largest absolute Gasteiger partial charge is 0.367 e. The van der Waals surface area contributed by atoms with E-state index < -0.39 is 0 Å². The summed E-state index contributed by atoms with van der Waals surface area (Å²) in [6.45, 7) is 4.32. The molecule has 0 aliphatic carbocycles. The Balaban J connectivity index is 1.38. The highest BCUT2D eigenvalue weighted by Gasteiger charge is 2.41. The normalized spacial score (nSPS) is 21.9. The van der Waals surface area contributed by atoms with Crippen molar-refractivity contribution in [3.63, 3.8) is 0 Å². The number of ether oxygens (including phenoxy) is 1. The number of carbonyl (C=O) groups excluding carboxylic acids is 2. The fourth-order valence-electron chi connectivity index (χ4n) is 4.46. The lowest BCUT2D eigenvalue weighted by molar-refractivity contribution is -0.119. The van der Waals surface area contributed by atoms with Crippen molar-refractivity contribution in [2.24, 2.45) is 0 Å². The number of rotatable bonds is 1. The van der Waals surface area contributed by atoms with Crippen molar-refractivity contribution in [1.82, 2.24) is 24.5 Å². The monoisotopic (exact) mass is 389 g/mol. The van der Waals surface area contributed by atoms with Crippen molar-refractivity contribution < 1.29 is 14.3 Å². The molecule has 1 spiro atoms. The number of likely N-dealkylation sites (tertiary alicyclic amines) is 2. The first kappa shape index (κ1) is 19.2. The number of hydrogen-bond donors (Lipinski definition) is 0. The minimum absolute atomic E-state index is 0.0891. The lowest BCUT2D eigenvalue weighted by atomic mass is 9.90. The van der Waals surface area contributed by atoms with Gasteiger partial charge in [0.15, 0.2) is 5.69 Å². The van der Waals surface area contributed by atoms with Crippen LogP contribution in [0.25, 0.3) is 0 Å². The summed E-state index contributed by atoms with van der Waals surface area (Å²) in [5.41, 5.74) is 1.13. The molecule has 0 N–H and O–H groups in total. The summed E-state index contributed by atoms with van der Waals surface area (Å²) in [4.78, 5) is 30.6. The Labute approximate surface area is 166 Å². The van der Waals surface area contributed by atoms with Crippen LogP contribution in [0.1, 0.15) is 54.7 Å². The number of nitrogens with zero attached hydrogens (tertiary/aromatic N) is 5. The zero-order valence-corrected chi connectivity index (χ0v) is 17.0. The van der Waals surface area contributed by atoms with Gasteiger partial charge in [-0.1, -0.05) is 12.8 Å². The molecule has 8 heteroatoms. The molecule has 0 unspecified atom stereocenters. The third-order valence-electron chi connectivity index (χ3n) is 6.27. The third kappa shape index (κ3) is 3.74. The number of carbonyl (C=O) groups is 2. The molecule has 0 radical (unpaired) electrons. The van der Waals surface area contributed by atoms with Crippen LogP contribution in [0.5, 0.6) is 0 Å². The molecule has 1 aromatic rings. The van der Waals surface area contributed by atoms with Crippen molar-refractivity contribution >= 4 is 11.9 Å². The Bertz CT molecular complexity index is 728. The SMILES string of the molecule is CN(C)C(=O)c1cc2n(n1)CC1(CCN(C(=O)N3CCCCCC3)CC1)OC2. The van der Waals surface area contributed by atoms with E-state index in [1.165, 1.54) is 17.7 Å². The molecule has 8 nitrogen and oxygen atoms in total. The van der Waals surface area contributed by atoms with Crippen molar-refractivity contribution in [3.8, 4) is 0 Å². The number of hydrogen-bond acceptors (Lipinski definition) is 4. The van der Waals surface area contributed by atoms with Gasteiger partial charge in [-0.15, -0.1) is 0 Å². The Kier molecular flexibility index (Phi) is 5.31. The van der Waals surface area contributed by atoms with Crippen LogP contribution in [0.4, 0.5) is 4.79 Å². The second-order valence-electron chi connectivity index (χ2n) is 8.52. The van der Waals surface area contributed by atoms with Gasteiger partial charge in [0.05, 0.1) is 24.4 Å². The predicted octanol–water partition coefficient (Wildman–Crippen LogP) is 1.95. The van der Waals surface area contributed by atoms with E-state index in [2.05, 4.69) is 5.10 Å². The van der Waals surface area contributed by atoms with Crippen LogP contribution >= 0.6 is 0 Å². The molecule has 4 heterocycles. The van der Waals surface area contributed by atoms with E-state index in [0.29, 0.717) is 18.8 Å². The van der Waals surface area contributed by atoms with E-state index in [1.54, 1.807) is 14.1 Å². The molecular formula is C20H31N5O3. The molecule has 3 aliphatic rings. The van der Waals surface area contributed by atoms with E-state index in [4.69, 9.17) is 4.74 Å². The predicted molar refractivity (Wildman–Crippen MR) is 104 cm³/mol. The second-order valence-corrected chi connectivity index (χ2v) is 8.52. The highest BCUT2D eigenvalue weighted by molar-refractivity contribution is 5.92. The number of aromatic nitrogens is 2. The van der Waals surface area contributed by atoms with E-state index in [-0.39, 0.29) is 17.5 Å². The minimum Gasteiger partial charge on any atom is -0.367 e. The van der Waals surface area contributed by atoms with Gasteiger partial charge in [-0.25, -0.2) is 4.79 Å². The number of amides is 3. The number of urea groups is 1. The lowest BCUT2D eigenvalue weighted by Gasteiger charge is -2.44. The Morgan fingerprint density at radius 2 is 1.68 bits per heavy atom. The molecule has 0 atom stereocenters. The van der Waals surface area contributed by atoms with E-state index in [0.717, 1.165) is 57.6 Å². The average molecular weight is 390 g/mol. The Morgan fingerprint density at radius 1 is 1.04 bits per heavy atom. The van der Waals surface area contributed by atoms with Crippen molar-refractivity contribution in [2.45, 2.75) is 57.3 Å². The summed E-state index contributed by atoms with van der Waals surface area (Å²) in [7, 11) is 3.46. The van der Waals surface area contributed by atoms with Gasteiger partial charge >= 0.3 is 6.03 Å². The summed E-state index contributed by atoms with van der Waals surface area (Å²) < 4.78 is 8.17. The lowest BCUT2D eigenvalue weighted by Crippen LogP contribution is -2.54. The van der Waals surface area contributed by atoms with Gasteiger partial charge in [0.1, 0.15) is 0 Å². The Morgan fingerprint density at radius 3 is 2.32 bits per heavy atom. The number of piperidine rings is 1. The van der Waals surface area contributed by atoms with Crippen molar-refractivity contribution in [2.75, 3.05) is 40.3 Å². The van der Waals surface area contributed by atoms with Crippen molar-refractivity contribution in [1.29, 1.82) is 0 Å². The summed E-state index contributed by atoms with van der Waals surface area (Å²) in [6, 6.07) is 2.01. The summed E-state index contributed by atoms with van der Waals surface area (Å²) in [5, 5.41) is 4.52. The average Bonchev–Trinajstić information content (AvgIpc) is 2.91. The van der Waals surface area contributed by atoms with E-state index in [9.17, 15) is 9.59 Å². The molecule has 28 heavy (non-hydrogen) atoms. The molecule has 1 aromatic heterocycles. The molecule has 4 rings (SSSR count). The second kappa shape index (κ2) is 7.73. The van der Waals surface area contributed by atoms with Gasteiger partial charge < -0.3 is 19.4 Å². The summed E-state index contributed by atoms with van der Waals surface area (Å²) in [5.74, 6) is -0.0891. The molecule has 3 amide bonds. The fourth-order valence-corrected chi connectivity index (χ4v) is 4.46. The maximum Gasteiger partial charge on any atom is 0.320 e. The first-order chi connectivity index (χ1) is 13.5. The zero-order chi connectivity index (χ0) is 19.7. The molecule has 2 fully saturated rings. The molecular weight excluding hydrogens is 358 g/mol. The maximum absolute atomic E-state index is 12.9. The van der Waals surface area contributed by atoms with E-state index >= 15 is 0 Å². The fraction of sp³-hybridized carbons (Fsp3) is 0.750. The van der Waals surface area contributed by atoms with Crippen LogP contribution in [-0.2, 0) is 17.9 Å². The van der Waals surface area contributed by atoms with Crippen molar-refractivity contribution in [3.05, 3.63) is 17.5 Å². The standard InChI is InChI=1S/C20H31N5O3/c1-22(2)18(26)17-13-16-14-28-20(15-25(16)21-17)7-11-24(12-8-20)19(27)23-9-5-3-4-6-10-23/h13H,3-12,14-15H2,1-2H3. The van der Waals surface area contributed by atoms with Crippen LogP contribution < -0.4 is 0 Å².